The van der Waals surface area contributed by atoms with Gasteiger partial charge in [0.2, 0.25) is 11.8 Å². The molecule has 0 unspecified atom stereocenters. The molecule has 2 aromatic rings. The van der Waals surface area contributed by atoms with Gasteiger partial charge in [-0.3, -0.25) is 19.7 Å². The number of hydrogen-bond acceptors (Lipinski definition) is 7. The van der Waals surface area contributed by atoms with Gasteiger partial charge in [-0.25, -0.2) is 4.90 Å². The number of allylic oxidation sites excluding steroid dienone is 2. The lowest BCUT2D eigenvalue weighted by Gasteiger charge is -2.35. The highest BCUT2D eigenvalue weighted by Crippen LogP contribution is 2.47. The molecule has 4 atom stereocenters. The number of benzene rings is 2. The summed E-state index contributed by atoms with van der Waals surface area (Å²) in [6, 6.07) is 12.2. The van der Waals surface area contributed by atoms with E-state index in [9.17, 15) is 35.0 Å². The summed E-state index contributed by atoms with van der Waals surface area (Å²) in [6.07, 6.45) is 2.27. The molecule has 0 bridgehead atoms. The van der Waals surface area contributed by atoms with E-state index in [-0.39, 0.29) is 23.5 Å². The number of phenols is 1. The van der Waals surface area contributed by atoms with Crippen LogP contribution in [-0.2, 0) is 9.59 Å². The van der Waals surface area contributed by atoms with Crippen molar-refractivity contribution in [1.29, 1.82) is 0 Å². The molecule has 194 valence electrons. The molecule has 1 saturated heterocycles. The fraction of sp³-hybridized carbons (Fsp3) is 0.357. The van der Waals surface area contributed by atoms with E-state index in [2.05, 4.69) is 0 Å². The number of aliphatic hydroxyl groups is 2. The standard InChI is InChI=1S/C28H30N2O7/c1-16(12-18-7-9-21(32)10-8-18)6-11-24(33)25-17(2)13-22-26(23(25)15-31)28(35)29(27(22)34)19-4-3-5-20(14-19)30(36)37/h3-5,7-10,12,14,22-24,26,31-33H,6,11,13,15H2,1-2H3/b16-12+/t22-,23+,24-,26-/m1/s1. The van der Waals surface area contributed by atoms with Crippen LogP contribution >= 0.6 is 0 Å². The van der Waals surface area contributed by atoms with E-state index in [1.54, 1.807) is 24.3 Å². The van der Waals surface area contributed by atoms with Crippen molar-refractivity contribution in [1.82, 2.24) is 0 Å². The van der Waals surface area contributed by atoms with Crippen LogP contribution in [0.15, 0.2) is 65.3 Å². The Bertz CT molecular complexity index is 1280. The second kappa shape index (κ2) is 10.7. The summed E-state index contributed by atoms with van der Waals surface area (Å²) in [5.41, 5.74) is 3.20. The first-order valence-corrected chi connectivity index (χ1v) is 12.2. The molecule has 0 aromatic heterocycles. The Kier molecular flexibility index (Phi) is 7.56. The molecule has 2 aliphatic rings. The molecule has 2 aromatic carbocycles. The van der Waals surface area contributed by atoms with Crippen molar-refractivity contribution in [3.05, 3.63) is 80.9 Å². The zero-order chi connectivity index (χ0) is 26.9. The van der Waals surface area contributed by atoms with Crippen molar-refractivity contribution in [2.75, 3.05) is 11.5 Å². The Labute approximate surface area is 214 Å². The van der Waals surface area contributed by atoms with Gasteiger partial charge in [-0.2, -0.15) is 0 Å². The maximum atomic E-state index is 13.5. The minimum atomic E-state index is -0.906. The number of rotatable bonds is 8. The first-order chi connectivity index (χ1) is 17.6. The van der Waals surface area contributed by atoms with Crippen molar-refractivity contribution >= 4 is 29.3 Å². The molecule has 9 nitrogen and oxygen atoms in total. The second-order valence-electron chi connectivity index (χ2n) is 9.79. The van der Waals surface area contributed by atoms with Crippen LogP contribution in [0, 0.1) is 27.9 Å². The molecule has 37 heavy (non-hydrogen) atoms. The number of phenolic OH excluding ortho intramolecular Hbond substituents is 1. The van der Waals surface area contributed by atoms with Crippen LogP contribution in [0.4, 0.5) is 11.4 Å². The molecule has 0 saturated carbocycles. The number of imide groups is 1. The summed E-state index contributed by atoms with van der Waals surface area (Å²) in [6.45, 7) is 3.34. The number of hydrogen-bond donors (Lipinski definition) is 3. The first-order valence-electron chi connectivity index (χ1n) is 12.2. The number of amides is 2. The van der Waals surface area contributed by atoms with Gasteiger partial charge in [-0.1, -0.05) is 35.4 Å². The lowest BCUT2D eigenvalue weighted by molar-refractivity contribution is -0.384. The number of aliphatic hydroxyl groups excluding tert-OH is 2. The van der Waals surface area contributed by atoms with E-state index in [4.69, 9.17) is 0 Å². The van der Waals surface area contributed by atoms with Gasteiger partial charge in [0.1, 0.15) is 5.75 Å². The van der Waals surface area contributed by atoms with Gasteiger partial charge in [0.15, 0.2) is 0 Å². The van der Waals surface area contributed by atoms with E-state index in [0.29, 0.717) is 18.4 Å². The molecule has 0 spiro atoms. The number of nitro benzene ring substituents is 1. The van der Waals surface area contributed by atoms with E-state index in [1.807, 2.05) is 19.9 Å². The van der Waals surface area contributed by atoms with Crippen LogP contribution in [0.1, 0.15) is 38.7 Å². The molecule has 1 aliphatic carbocycles. The minimum Gasteiger partial charge on any atom is -0.508 e. The summed E-state index contributed by atoms with van der Waals surface area (Å²) in [5, 5.41) is 42.1. The first kappa shape index (κ1) is 26.2. The summed E-state index contributed by atoms with van der Waals surface area (Å²) >= 11 is 0. The molecule has 1 fully saturated rings. The van der Waals surface area contributed by atoms with Gasteiger partial charge in [0, 0.05) is 18.1 Å². The van der Waals surface area contributed by atoms with Crippen molar-refractivity contribution in [3.63, 3.8) is 0 Å². The molecular formula is C28H30N2O7. The highest BCUT2D eigenvalue weighted by Gasteiger charge is 2.54. The summed E-state index contributed by atoms with van der Waals surface area (Å²) in [4.78, 5) is 38.3. The Morgan fingerprint density at radius 2 is 1.89 bits per heavy atom. The van der Waals surface area contributed by atoms with Crippen LogP contribution < -0.4 is 4.90 Å². The fourth-order valence-electron chi connectivity index (χ4n) is 5.56. The zero-order valence-electron chi connectivity index (χ0n) is 20.7. The van der Waals surface area contributed by atoms with E-state index >= 15 is 0 Å². The average molecular weight is 507 g/mol. The SMILES string of the molecule is CC1=C([C@H](O)CC/C(C)=C/c2ccc(O)cc2)[C@H](CO)[C@@H]2C(=O)N(c3cccc([N+](=O)[O-])c3)C(=O)[C@@H]2C1. The quantitative estimate of drug-likeness (QED) is 0.213. The smallest absolute Gasteiger partial charge is 0.271 e. The molecule has 0 radical (unpaired) electrons. The van der Waals surface area contributed by atoms with Crippen molar-refractivity contribution < 1.29 is 29.8 Å². The maximum absolute atomic E-state index is 13.5. The lowest BCUT2D eigenvalue weighted by atomic mass is 9.68. The van der Waals surface area contributed by atoms with Crippen molar-refractivity contribution in [3.8, 4) is 5.75 Å². The van der Waals surface area contributed by atoms with Crippen LogP contribution in [0.2, 0.25) is 0 Å². The number of nitrogens with zero attached hydrogens (tertiary/aromatic N) is 2. The topological polar surface area (TPSA) is 141 Å². The number of anilines is 1. The van der Waals surface area contributed by atoms with Gasteiger partial charge in [0.25, 0.3) is 5.69 Å². The van der Waals surface area contributed by atoms with Crippen LogP contribution in [0.25, 0.3) is 6.08 Å². The summed E-state index contributed by atoms with van der Waals surface area (Å²) in [5.74, 6) is -3.06. The fourth-order valence-corrected chi connectivity index (χ4v) is 5.56. The van der Waals surface area contributed by atoms with Gasteiger partial charge in [-0.15, -0.1) is 0 Å². The second-order valence-corrected chi connectivity index (χ2v) is 9.79. The number of aromatic hydroxyl groups is 1. The van der Waals surface area contributed by atoms with Gasteiger partial charge < -0.3 is 15.3 Å². The third kappa shape index (κ3) is 5.19. The zero-order valence-corrected chi connectivity index (χ0v) is 20.7. The molecule has 9 heteroatoms. The normalized spacial score (nSPS) is 22.9. The molecule has 4 rings (SSSR count). The summed E-state index contributed by atoms with van der Waals surface area (Å²) < 4.78 is 0. The number of non-ortho nitro benzene ring substituents is 1. The Balaban J connectivity index is 1.54. The monoisotopic (exact) mass is 506 g/mol. The highest BCUT2D eigenvalue weighted by molar-refractivity contribution is 6.22. The van der Waals surface area contributed by atoms with Gasteiger partial charge in [0.05, 0.1) is 35.2 Å². The number of fused-ring (bicyclic) bond motifs is 1. The van der Waals surface area contributed by atoms with Crippen LogP contribution in [-0.4, -0.2) is 44.8 Å². The molecule has 3 N–H and O–H groups in total. The number of carbonyl (C=O) groups excluding carboxylic acids is 2. The van der Waals surface area contributed by atoms with E-state index in [0.717, 1.165) is 21.6 Å². The Hall–Kier alpha value is -3.82. The highest BCUT2D eigenvalue weighted by atomic mass is 16.6. The minimum absolute atomic E-state index is 0.130. The molecule has 2 amide bonds. The van der Waals surface area contributed by atoms with E-state index in [1.165, 1.54) is 24.3 Å². The van der Waals surface area contributed by atoms with Crippen LogP contribution in [0.3, 0.4) is 0 Å². The Morgan fingerprint density at radius 1 is 1.19 bits per heavy atom. The number of nitro groups is 1. The van der Waals surface area contributed by atoms with Gasteiger partial charge in [-0.05, 0) is 62.4 Å². The molecule has 1 heterocycles. The Morgan fingerprint density at radius 3 is 2.54 bits per heavy atom. The third-order valence-corrected chi connectivity index (χ3v) is 7.30. The maximum Gasteiger partial charge on any atom is 0.271 e. The van der Waals surface area contributed by atoms with E-state index < -0.39 is 47.2 Å². The van der Waals surface area contributed by atoms with Crippen molar-refractivity contribution in [2.24, 2.45) is 17.8 Å². The largest absolute Gasteiger partial charge is 0.508 e. The summed E-state index contributed by atoms with van der Waals surface area (Å²) in [7, 11) is 0. The predicted molar refractivity (Wildman–Crippen MR) is 137 cm³/mol. The average Bonchev–Trinajstić information content (AvgIpc) is 3.12. The van der Waals surface area contributed by atoms with Crippen LogP contribution in [0.5, 0.6) is 5.75 Å². The lowest BCUT2D eigenvalue weighted by Crippen LogP contribution is -2.38. The third-order valence-electron chi connectivity index (χ3n) is 7.30. The van der Waals surface area contributed by atoms with Crippen molar-refractivity contribution in [2.45, 2.75) is 39.2 Å². The molecule has 1 aliphatic heterocycles. The number of carbonyl (C=O) groups is 2. The predicted octanol–water partition coefficient (Wildman–Crippen LogP) is 3.98. The molecular weight excluding hydrogens is 476 g/mol. The van der Waals surface area contributed by atoms with Gasteiger partial charge >= 0.3 is 0 Å².